The van der Waals surface area contributed by atoms with Crippen LogP contribution in [0.25, 0.3) is 0 Å². The smallest absolute Gasteiger partial charge is 0.422 e. The Kier molecular flexibility index (Phi) is 8.10. The lowest BCUT2D eigenvalue weighted by Crippen LogP contribution is -2.38. The molecule has 1 aromatic carbocycles. The molecule has 0 amide bonds. The summed E-state index contributed by atoms with van der Waals surface area (Å²) in [7, 11) is 1.64. The molecule has 28 heavy (non-hydrogen) atoms. The van der Waals surface area contributed by atoms with Gasteiger partial charge in [-0.15, -0.1) is 11.3 Å². The lowest BCUT2D eigenvalue weighted by Gasteiger charge is -2.16. The number of halogens is 3. The van der Waals surface area contributed by atoms with Gasteiger partial charge < -0.3 is 15.4 Å². The molecule has 2 N–H and O–H groups in total. The van der Waals surface area contributed by atoms with E-state index in [1.165, 1.54) is 0 Å². The van der Waals surface area contributed by atoms with Crippen LogP contribution in [0.5, 0.6) is 5.75 Å². The third kappa shape index (κ3) is 7.38. The van der Waals surface area contributed by atoms with Crippen LogP contribution >= 0.6 is 11.3 Å². The highest BCUT2D eigenvalue weighted by Gasteiger charge is 2.28. The molecule has 0 aliphatic rings. The van der Waals surface area contributed by atoms with Crippen LogP contribution in [0, 0.1) is 6.92 Å². The quantitative estimate of drug-likeness (QED) is 0.509. The van der Waals surface area contributed by atoms with Crippen molar-refractivity contribution in [1.82, 2.24) is 15.6 Å². The van der Waals surface area contributed by atoms with Crippen LogP contribution in [0.2, 0.25) is 0 Å². The molecule has 1 heterocycles. The SMILES string of the molecule is CCc1nc(CCNC(=NC)NCc2ccc(C)cc2OCC(F)(F)F)cs1. The van der Waals surface area contributed by atoms with Gasteiger partial charge in [0.15, 0.2) is 12.6 Å². The maximum atomic E-state index is 12.5. The highest BCUT2D eigenvalue weighted by Crippen LogP contribution is 2.23. The van der Waals surface area contributed by atoms with Gasteiger partial charge >= 0.3 is 6.18 Å². The summed E-state index contributed by atoms with van der Waals surface area (Å²) in [5.41, 5.74) is 2.49. The van der Waals surface area contributed by atoms with Gasteiger partial charge in [0, 0.05) is 37.5 Å². The predicted molar refractivity (Wildman–Crippen MR) is 106 cm³/mol. The molecule has 0 saturated carbocycles. The van der Waals surface area contributed by atoms with Crippen LogP contribution in [0.1, 0.15) is 28.8 Å². The third-order valence-electron chi connectivity index (χ3n) is 3.86. The summed E-state index contributed by atoms with van der Waals surface area (Å²) in [5.74, 6) is 0.781. The molecule has 0 spiro atoms. The van der Waals surface area contributed by atoms with Gasteiger partial charge in [0.2, 0.25) is 0 Å². The van der Waals surface area contributed by atoms with Gasteiger partial charge in [-0.1, -0.05) is 19.1 Å². The second-order valence-corrected chi connectivity index (χ2v) is 7.15. The number of thiazole rings is 1. The Morgan fingerprint density at radius 3 is 2.71 bits per heavy atom. The molecule has 1 aromatic heterocycles. The minimum atomic E-state index is -4.38. The number of aliphatic imine (C=N–C) groups is 1. The van der Waals surface area contributed by atoms with E-state index in [1.807, 2.05) is 11.4 Å². The Morgan fingerprint density at radius 1 is 1.29 bits per heavy atom. The Balaban J connectivity index is 1.88. The summed E-state index contributed by atoms with van der Waals surface area (Å²) in [4.78, 5) is 8.66. The fourth-order valence-electron chi connectivity index (χ4n) is 2.44. The summed E-state index contributed by atoms with van der Waals surface area (Å²) in [5, 5.41) is 9.45. The van der Waals surface area contributed by atoms with Gasteiger partial charge in [0.25, 0.3) is 0 Å². The number of hydrogen-bond donors (Lipinski definition) is 2. The van der Waals surface area contributed by atoms with E-state index in [0.717, 1.165) is 29.1 Å². The van der Waals surface area contributed by atoms with Crippen LogP contribution in [0.15, 0.2) is 28.6 Å². The molecule has 0 unspecified atom stereocenters. The molecule has 154 valence electrons. The van der Waals surface area contributed by atoms with Crippen molar-refractivity contribution in [3.8, 4) is 5.75 Å². The number of ether oxygens (including phenoxy) is 1. The standard InChI is InChI=1S/C19H25F3N4OS/c1-4-17-26-15(11-28-17)7-8-24-18(23-3)25-10-14-6-5-13(2)9-16(14)27-12-19(20,21)22/h5-6,9,11H,4,7-8,10,12H2,1-3H3,(H2,23,24,25). The number of aryl methyl sites for hydroxylation is 2. The molecule has 0 aliphatic heterocycles. The first-order valence-electron chi connectivity index (χ1n) is 8.97. The highest BCUT2D eigenvalue weighted by molar-refractivity contribution is 7.09. The van der Waals surface area contributed by atoms with Crippen LogP contribution < -0.4 is 15.4 Å². The van der Waals surface area contributed by atoms with E-state index in [1.54, 1.807) is 37.4 Å². The number of benzene rings is 1. The minimum Gasteiger partial charge on any atom is -0.484 e. The summed E-state index contributed by atoms with van der Waals surface area (Å²) in [6.45, 7) is 3.51. The second kappa shape index (κ2) is 10.3. The zero-order valence-electron chi connectivity index (χ0n) is 16.2. The number of hydrogen-bond acceptors (Lipinski definition) is 4. The number of nitrogens with zero attached hydrogens (tertiary/aromatic N) is 2. The summed E-state index contributed by atoms with van der Waals surface area (Å²) >= 11 is 1.65. The van der Waals surface area contributed by atoms with Crippen LogP contribution in [0.4, 0.5) is 13.2 Å². The van der Waals surface area contributed by atoms with Gasteiger partial charge in [0.05, 0.1) is 10.7 Å². The number of nitrogens with one attached hydrogen (secondary N) is 2. The third-order valence-corrected chi connectivity index (χ3v) is 4.90. The Hall–Kier alpha value is -2.29. The van der Waals surface area contributed by atoms with Gasteiger partial charge in [-0.2, -0.15) is 13.2 Å². The Morgan fingerprint density at radius 2 is 2.07 bits per heavy atom. The maximum absolute atomic E-state index is 12.5. The molecular weight excluding hydrogens is 389 g/mol. The normalized spacial score (nSPS) is 12.1. The molecule has 2 rings (SSSR count). The van der Waals surface area contributed by atoms with E-state index in [4.69, 9.17) is 4.74 Å². The first-order chi connectivity index (χ1) is 13.3. The second-order valence-electron chi connectivity index (χ2n) is 6.20. The summed E-state index contributed by atoms with van der Waals surface area (Å²) in [6.07, 6.45) is -2.68. The van der Waals surface area contributed by atoms with E-state index < -0.39 is 12.8 Å². The Labute approximate surface area is 167 Å². The van der Waals surface area contributed by atoms with Crippen molar-refractivity contribution in [2.45, 2.75) is 39.4 Å². The van der Waals surface area contributed by atoms with Gasteiger partial charge in [-0.05, 0) is 25.0 Å². The van der Waals surface area contributed by atoms with E-state index in [-0.39, 0.29) is 5.75 Å². The lowest BCUT2D eigenvalue weighted by molar-refractivity contribution is -0.153. The molecule has 0 bridgehead atoms. The first-order valence-corrected chi connectivity index (χ1v) is 9.85. The number of guanidine groups is 1. The molecule has 0 fully saturated rings. The van der Waals surface area contributed by atoms with Gasteiger partial charge in [0.1, 0.15) is 5.75 Å². The summed E-state index contributed by atoms with van der Waals surface area (Å²) in [6, 6.07) is 5.19. The molecular formula is C19H25F3N4OS. The minimum absolute atomic E-state index is 0.217. The maximum Gasteiger partial charge on any atom is 0.422 e. The van der Waals surface area contributed by atoms with Crippen molar-refractivity contribution in [2.24, 2.45) is 4.99 Å². The fraction of sp³-hybridized carbons (Fsp3) is 0.474. The van der Waals surface area contributed by atoms with E-state index in [0.29, 0.717) is 24.6 Å². The van der Waals surface area contributed by atoms with Crippen molar-refractivity contribution in [3.63, 3.8) is 0 Å². The first kappa shape index (κ1) is 22.0. The van der Waals surface area contributed by atoms with Crippen molar-refractivity contribution >= 4 is 17.3 Å². The number of alkyl halides is 3. The summed E-state index contributed by atoms with van der Waals surface area (Å²) < 4.78 is 42.4. The molecule has 5 nitrogen and oxygen atoms in total. The molecule has 0 saturated heterocycles. The number of aromatic nitrogens is 1. The topological polar surface area (TPSA) is 58.5 Å². The molecule has 0 radical (unpaired) electrons. The van der Waals surface area contributed by atoms with Crippen molar-refractivity contribution < 1.29 is 17.9 Å². The Bertz CT molecular complexity index is 790. The largest absolute Gasteiger partial charge is 0.484 e. The number of rotatable bonds is 8. The van der Waals surface area contributed by atoms with Gasteiger partial charge in [-0.3, -0.25) is 4.99 Å². The zero-order chi connectivity index (χ0) is 20.6. The van der Waals surface area contributed by atoms with Crippen molar-refractivity contribution in [2.75, 3.05) is 20.2 Å². The van der Waals surface area contributed by atoms with E-state index in [9.17, 15) is 13.2 Å². The van der Waals surface area contributed by atoms with Crippen molar-refractivity contribution in [1.29, 1.82) is 0 Å². The zero-order valence-corrected chi connectivity index (χ0v) is 17.0. The van der Waals surface area contributed by atoms with Crippen LogP contribution in [-0.4, -0.2) is 37.3 Å². The highest BCUT2D eigenvalue weighted by atomic mass is 32.1. The van der Waals surface area contributed by atoms with Crippen molar-refractivity contribution in [3.05, 3.63) is 45.4 Å². The van der Waals surface area contributed by atoms with E-state index >= 15 is 0 Å². The average Bonchev–Trinajstić information content (AvgIpc) is 3.11. The average molecular weight is 414 g/mol. The van der Waals surface area contributed by atoms with Crippen LogP contribution in [0.3, 0.4) is 0 Å². The predicted octanol–water partition coefficient (Wildman–Crippen LogP) is 3.86. The molecule has 2 aromatic rings. The lowest BCUT2D eigenvalue weighted by atomic mass is 10.1. The van der Waals surface area contributed by atoms with Crippen LogP contribution in [-0.2, 0) is 19.4 Å². The fourth-order valence-corrected chi connectivity index (χ4v) is 3.22. The molecule has 0 atom stereocenters. The molecule has 0 aliphatic carbocycles. The monoisotopic (exact) mass is 414 g/mol. The molecule has 9 heteroatoms. The van der Waals surface area contributed by atoms with Gasteiger partial charge in [-0.25, -0.2) is 4.98 Å². The van der Waals surface area contributed by atoms with E-state index in [2.05, 4.69) is 27.5 Å².